The molecule has 1 nitrogen and oxygen atoms in total. The van der Waals surface area contributed by atoms with Gasteiger partial charge < -0.3 is 0 Å². The van der Waals surface area contributed by atoms with Gasteiger partial charge in [0.15, 0.2) is 0 Å². The van der Waals surface area contributed by atoms with Crippen LogP contribution in [0.4, 0.5) is 0 Å². The zero-order valence-corrected chi connectivity index (χ0v) is 8.43. The molecule has 60 valence electrons. The highest BCUT2D eigenvalue weighted by Crippen LogP contribution is 2.26. The smallest absolute Gasteiger partial charge is 0.0423 e. The van der Waals surface area contributed by atoms with Crippen LogP contribution in [-0.4, -0.2) is 4.98 Å². The number of benzene rings is 1. The van der Waals surface area contributed by atoms with E-state index in [-0.39, 0.29) is 0 Å². The molecule has 0 bridgehead atoms. The number of aromatic nitrogens is 1. The lowest BCUT2D eigenvalue weighted by atomic mass is 10.2. The summed E-state index contributed by atoms with van der Waals surface area (Å²) in [5.74, 6) is 0. The highest BCUT2D eigenvalue weighted by molar-refractivity contribution is 9.10. The summed E-state index contributed by atoms with van der Waals surface area (Å²) in [4.78, 5) is 4.03. The molecule has 3 heteroatoms. The van der Waals surface area contributed by atoms with E-state index in [9.17, 15) is 0 Å². The Labute approximate surface area is 83.5 Å². The second kappa shape index (κ2) is 3.04. The molecule has 0 aliphatic carbocycles. The molecule has 1 heterocycles. The molecule has 0 spiro atoms. The lowest BCUT2D eigenvalue weighted by molar-refractivity contribution is 1.36. The largest absolute Gasteiger partial charge is 0.264 e. The van der Waals surface area contributed by atoms with E-state index in [4.69, 9.17) is 11.6 Å². The molecule has 0 aliphatic rings. The van der Waals surface area contributed by atoms with Gasteiger partial charge in [-0.25, -0.2) is 0 Å². The van der Waals surface area contributed by atoms with Gasteiger partial charge in [0.2, 0.25) is 0 Å². The Morgan fingerprint density at radius 3 is 3.00 bits per heavy atom. The summed E-state index contributed by atoms with van der Waals surface area (Å²) in [6, 6.07) is 5.72. The number of hydrogen-bond donors (Lipinski definition) is 0. The van der Waals surface area contributed by atoms with Crippen molar-refractivity contribution in [2.24, 2.45) is 0 Å². The minimum Gasteiger partial charge on any atom is -0.264 e. The molecule has 0 saturated heterocycles. The Balaban J connectivity index is 2.89. The van der Waals surface area contributed by atoms with Crippen molar-refractivity contribution in [2.75, 3.05) is 0 Å². The van der Waals surface area contributed by atoms with Crippen molar-refractivity contribution >= 4 is 38.3 Å². The number of halogens is 2. The molecule has 0 saturated carbocycles. The van der Waals surface area contributed by atoms with Gasteiger partial charge in [-0.1, -0.05) is 27.5 Å². The maximum atomic E-state index is 5.87. The van der Waals surface area contributed by atoms with E-state index >= 15 is 0 Å². The molecule has 0 N–H and O–H groups in total. The van der Waals surface area contributed by atoms with E-state index in [0.717, 1.165) is 20.3 Å². The average Bonchev–Trinajstić information content (AvgIpc) is 2.04. The van der Waals surface area contributed by atoms with Crippen LogP contribution >= 0.6 is 27.5 Å². The lowest BCUT2D eigenvalue weighted by Crippen LogP contribution is -1.76. The predicted molar refractivity (Wildman–Crippen MR) is 54.5 cm³/mol. The third kappa shape index (κ3) is 1.32. The van der Waals surface area contributed by atoms with Crippen LogP contribution in [0.1, 0.15) is 0 Å². The number of rotatable bonds is 0. The molecule has 0 amide bonds. The fraction of sp³-hybridized carbons (Fsp3) is 0. The SMILES string of the molecule is Clc1cc(Br)c2cnccc2c1. The molecule has 1 aromatic heterocycles. The molecule has 0 aliphatic heterocycles. The third-order valence-corrected chi connectivity index (χ3v) is 2.54. The van der Waals surface area contributed by atoms with Crippen LogP contribution < -0.4 is 0 Å². The van der Waals surface area contributed by atoms with E-state index in [0.29, 0.717) is 0 Å². The third-order valence-electron chi connectivity index (χ3n) is 1.67. The topological polar surface area (TPSA) is 12.9 Å². The number of hydrogen-bond acceptors (Lipinski definition) is 1. The van der Waals surface area contributed by atoms with Crippen molar-refractivity contribution < 1.29 is 0 Å². The maximum absolute atomic E-state index is 5.87. The Morgan fingerprint density at radius 2 is 2.17 bits per heavy atom. The molecule has 0 fully saturated rings. The monoisotopic (exact) mass is 241 g/mol. The summed E-state index contributed by atoms with van der Waals surface area (Å²) in [7, 11) is 0. The van der Waals surface area contributed by atoms with Crippen molar-refractivity contribution in [3.63, 3.8) is 0 Å². The van der Waals surface area contributed by atoms with Gasteiger partial charge in [0.1, 0.15) is 0 Å². The molecular formula is C9H5BrClN. The van der Waals surface area contributed by atoms with Gasteiger partial charge in [-0.2, -0.15) is 0 Å². The lowest BCUT2D eigenvalue weighted by Gasteiger charge is -1.99. The van der Waals surface area contributed by atoms with Crippen LogP contribution in [-0.2, 0) is 0 Å². The molecule has 2 rings (SSSR count). The van der Waals surface area contributed by atoms with Gasteiger partial charge in [-0.05, 0) is 23.6 Å². The quantitative estimate of drug-likeness (QED) is 0.687. The molecule has 0 unspecified atom stereocenters. The van der Waals surface area contributed by atoms with Gasteiger partial charge in [-0.15, -0.1) is 0 Å². The molecule has 2 aromatic rings. The predicted octanol–water partition coefficient (Wildman–Crippen LogP) is 3.65. The second-order valence-electron chi connectivity index (χ2n) is 2.48. The maximum Gasteiger partial charge on any atom is 0.0423 e. The summed E-state index contributed by atoms with van der Waals surface area (Å²) in [5.41, 5.74) is 0. The first-order valence-electron chi connectivity index (χ1n) is 3.46. The van der Waals surface area contributed by atoms with Crippen molar-refractivity contribution in [1.82, 2.24) is 4.98 Å². The minimum atomic E-state index is 0.737. The second-order valence-corrected chi connectivity index (χ2v) is 3.78. The Kier molecular flexibility index (Phi) is 2.03. The Hall–Kier alpha value is -0.600. The zero-order valence-electron chi connectivity index (χ0n) is 6.09. The highest BCUT2D eigenvalue weighted by Gasteiger charge is 1.99. The van der Waals surface area contributed by atoms with E-state index in [1.807, 2.05) is 24.4 Å². The molecule has 12 heavy (non-hydrogen) atoms. The molecule has 0 radical (unpaired) electrons. The van der Waals surface area contributed by atoms with Gasteiger partial charge in [0.25, 0.3) is 0 Å². The van der Waals surface area contributed by atoms with Gasteiger partial charge in [0, 0.05) is 27.3 Å². The Bertz CT molecular complexity index is 428. The average molecular weight is 243 g/mol. The fourth-order valence-corrected chi connectivity index (χ4v) is 2.06. The van der Waals surface area contributed by atoms with Crippen molar-refractivity contribution in [2.45, 2.75) is 0 Å². The van der Waals surface area contributed by atoms with Crippen LogP contribution in [0.2, 0.25) is 5.02 Å². The van der Waals surface area contributed by atoms with Gasteiger partial charge >= 0.3 is 0 Å². The first-order chi connectivity index (χ1) is 5.77. The standard InChI is InChI=1S/C9H5BrClN/c10-9-4-7(11)3-6-1-2-12-5-8(6)9/h1-5H. The normalized spacial score (nSPS) is 10.5. The minimum absolute atomic E-state index is 0.737. The number of fused-ring (bicyclic) bond motifs is 1. The van der Waals surface area contributed by atoms with Gasteiger partial charge in [0.05, 0.1) is 0 Å². The summed E-state index contributed by atoms with van der Waals surface area (Å²) >= 11 is 9.30. The van der Waals surface area contributed by atoms with E-state index < -0.39 is 0 Å². The van der Waals surface area contributed by atoms with Crippen LogP contribution in [0.25, 0.3) is 10.8 Å². The number of pyridine rings is 1. The van der Waals surface area contributed by atoms with Crippen molar-refractivity contribution in [3.05, 3.63) is 40.1 Å². The van der Waals surface area contributed by atoms with Crippen molar-refractivity contribution in [1.29, 1.82) is 0 Å². The van der Waals surface area contributed by atoms with Crippen LogP contribution in [0.3, 0.4) is 0 Å². The van der Waals surface area contributed by atoms with Crippen molar-refractivity contribution in [3.8, 4) is 0 Å². The van der Waals surface area contributed by atoms with Crippen LogP contribution in [0, 0.1) is 0 Å². The van der Waals surface area contributed by atoms with E-state index in [1.54, 1.807) is 6.20 Å². The summed E-state index contributed by atoms with van der Waals surface area (Å²) < 4.78 is 0.984. The Morgan fingerprint density at radius 1 is 1.33 bits per heavy atom. The zero-order chi connectivity index (χ0) is 8.55. The van der Waals surface area contributed by atoms with E-state index in [2.05, 4.69) is 20.9 Å². The first-order valence-corrected chi connectivity index (χ1v) is 4.63. The highest BCUT2D eigenvalue weighted by atomic mass is 79.9. The first kappa shape index (κ1) is 8.02. The summed E-state index contributed by atoms with van der Waals surface area (Å²) in [6.45, 7) is 0. The summed E-state index contributed by atoms with van der Waals surface area (Å²) in [5, 5.41) is 2.92. The molecule has 1 aromatic carbocycles. The van der Waals surface area contributed by atoms with Gasteiger partial charge in [-0.3, -0.25) is 4.98 Å². The van der Waals surface area contributed by atoms with Crippen LogP contribution in [0.15, 0.2) is 35.1 Å². The summed E-state index contributed by atoms with van der Waals surface area (Å²) in [6.07, 6.45) is 3.57. The molecule has 0 atom stereocenters. The van der Waals surface area contributed by atoms with E-state index in [1.165, 1.54) is 0 Å². The number of nitrogens with zero attached hydrogens (tertiary/aromatic N) is 1. The van der Waals surface area contributed by atoms with Crippen LogP contribution in [0.5, 0.6) is 0 Å². The molecular weight excluding hydrogens is 237 g/mol. The fourth-order valence-electron chi connectivity index (χ4n) is 1.12.